The molecule has 3 rings (SSSR count). The van der Waals surface area contributed by atoms with Crippen molar-refractivity contribution in [2.45, 2.75) is 83.1 Å². The van der Waals surface area contributed by atoms with Gasteiger partial charge in [0, 0.05) is 6.54 Å². The molecular weight excluding hydrogens is 366 g/mol. The zero-order valence-electron chi connectivity index (χ0n) is 15.9. The Kier molecular flexibility index (Phi) is 5.44. The van der Waals surface area contributed by atoms with Gasteiger partial charge in [-0.3, -0.25) is 4.18 Å². The fourth-order valence-electron chi connectivity index (χ4n) is 3.52. The molecule has 0 unspecified atom stereocenters. The van der Waals surface area contributed by atoms with E-state index in [2.05, 4.69) is 4.72 Å². The van der Waals surface area contributed by atoms with Crippen LogP contribution in [0.1, 0.15) is 47.5 Å². The van der Waals surface area contributed by atoms with Crippen molar-refractivity contribution in [3.63, 3.8) is 0 Å². The maximum atomic E-state index is 12.1. The second-order valence-electron chi connectivity index (χ2n) is 7.77. The average Bonchev–Trinajstić information content (AvgIpc) is 2.97. The number of nitrogens with one attached hydrogen (secondary N) is 1. The van der Waals surface area contributed by atoms with Gasteiger partial charge in [0.05, 0.1) is 6.61 Å². The highest BCUT2D eigenvalue weighted by Crippen LogP contribution is 2.47. The molecule has 0 spiro atoms. The van der Waals surface area contributed by atoms with Crippen molar-refractivity contribution in [3.8, 4) is 0 Å². The van der Waals surface area contributed by atoms with E-state index in [0.717, 1.165) is 12.8 Å². The molecule has 152 valence electrons. The summed E-state index contributed by atoms with van der Waals surface area (Å²) in [5.74, 6) is -3.13. The molecule has 0 bridgehead atoms. The van der Waals surface area contributed by atoms with Crippen molar-refractivity contribution in [1.29, 1.82) is 0 Å². The van der Waals surface area contributed by atoms with Gasteiger partial charge in [-0.25, -0.2) is 0 Å². The van der Waals surface area contributed by atoms with Crippen molar-refractivity contribution in [2.24, 2.45) is 0 Å². The normalized spacial score (nSPS) is 38.1. The highest BCUT2D eigenvalue weighted by Gasteiger charge is 2.65. The van der Waals surface area contributed by atoms with Gasteiger partial charge < -0.3 is 23.7 Å². The fraction of sp³-hybridized carbons (Fsp3) is 1.00. The van der Waals surface area contributed by atoms with Crippen molar-refractivity contribution in [1.82, 2.24) is 4.72 Å². The smallest absolute Gasteiger partial charge is 0.336 e. The van der Waals surface area contributed by atoms with Crippen molar-refractivity contribution < 1.29 is 36.3 Å². The Morgan fingerprint density at radius 1 is 1.12 bits per heavy atom. The lowest BCUT2D eigenvalue weighted by molar-refractivity contribution is -0.290. The molecule has 4 atom stereocenters. The molecule has 3 aliphatic heterocycles. The van der Waals surface area contributed by atoms with Gasteiger partial charge in [-0.1, -0.05) is 13.3 Å². The second kappa shape index (κ2) is 6.93. The van der Waals surface area contributed by atoms with Crippen LogP contribution < -0.4 is 4.72 Å². The predicted octanol–water partition coefficient (Wildman–Crippen LogP) is 1.04. The second-order valence-corrected chi connectivity index (χ2v) is 9.20. The highest BCUT2D eigenvalue weighted by molar-refractivity contribution is 7.84. The van der Waals surface area contributed by atoms with Gasteiger partial charge in [-0.15, -0.1) is 0 Å². The summed E-state index contributed by atoms with van der Waals surface area (Å²) in [4.78, 5) is 0. The number of hydrogen-bond acceptors (Lipinski definition) is 8. The number of hydrogen-bond donors (Lipinski definition) is 1. The van der Waals surface area contributed by atoms with Crippen LogP contribution in [0, 0.1) is 0 Å². The van der Waals surface area contributed by atoms with Gasteiger partial charge in [0.1, 0.15) is 24.9 Å². The molecule has 0 aromatic heterocycles. The van der Waals surface area contributed by atoms with Crippen molar-refractivity contribution in [2.75, 3.05) is 19.8 Å². The Morgan fingerprint density at radius 3 is 2.54 bits per heavy atom. The summed E-state index contributed by atoms with van der Waals surface area (Å²) in [6.07, 6.45) is 0.159. The van der Waals surface area contributed by atoms with E-state index in [0.29, 0.717) is 6.54 Å². The highest BCUT2D eigenvalue weighted by atomic mass is 32.2. The monoisotopic (exact) mass is 395 g/mol. The third-order valence-corrected chi connectivity index (χ3v) is 5.48. The summed E-state index contributed by atoms with van der Waals surface area (Å²) in [6, 6.07) is 0. The number of fused-ring (bicyclic) bond motifs is 3. The number of unbranched alkanes of at least 4 members (excludes halogenated alkanes) is 1. The summed E-state index contributed by atoms with van der Waals surface area (Å²) in [5, 5.41) is 0. The predicted molar refractivity (Wildman–Crippen MR) is 90.3 cm³/mol. The first-order chi connectivity index (χ1) is 12.0. The first-order valence-electron chi connectivity index (χ1n) is 8.99. The minimum absolute atomic E-state index is 0.191. The van der Waals surface area contributed by atoms with Crippen molar-refractivity contribution in [3.05, 3.63) is 0 Å². The average molecular weight is 395 g/mol. The van der Waals surface area contributed by atoms with Crippen LogP contribution in [0.15, 0.2) is 0 Å². The van der Waals surface area contributed by atoms with Gasteiger partial charge >= 0.3 is 10.3 Å². The van der Waals surface area contributed by atoms with E-state index in [1.54, 1.807) is 13.8 Å². The van der Waals surface area contributed by atoms with E-state index in [1.807, 2.05) is 20.8 Å². The zero-order chi connectivity index (χ0) is 19.2. The lowest BCUT2D eigenvalue weighted by atomic mass is 9.98. The fourth-order valence-corrected chi connectivity index (χ4v) is 4.32. The molecule has 9 nitrogen and oxygen atoms in total. The molecule has 3 saturated heterocycles. The Balaban J connectivity index is 1.73. The number of ether oxygens (including phenoxy) is 5. The largest absolute Gasteiger partial charge is 0.343 e. The third-order valence-electron chi connectivity index (χ3n) is 4.50. The van der Waals surface area contributed by atoms with Crippen LogP contribution in [-0.2, 0) is 38.2 Å². The Hall–Kier alpha value is -0.330. The van der Waals surface area contributed by atoms with Crippen molar-refractivity contribution >= 4 is 10.3 Å². The van der Waals surface area contributed by atoms with Gasteiger partial charge in [-0.2, -0.15) is 13.1 Å². The van der Waals surface area contributed by atoms with E-state index in [1.165, 1.54) is 0 Å². The SMILES string of the molecule is CCCCNS(=O)(=O)OC[C@@]12OC[C@H]3OC(C)(C)O[C@H]3[C@@H]1OC(C)(C)O2. The maximum absolute atomic E-state index is 12.1. The van der Waals surface area contributed by atoms with E-state index >= 15 is 0 Å². The zero-order valence-corrected chi connectivity index (χ0v) is 16.8. The molecule has 0 saturated carbocycles. The molecule has 0 aromatic carbocycles. The lowest BCUT2D eigenvalue weighted by Gasteiger charge is -2.40. The minimum Gasteiger partial charge on any atom is -0.343 e. The van der Waals surface area contributed by atoms with E-state index < -0.39 is 39.9 Å². The van der Waals surface area contributed by atoms with Crippen LogP contribution in [0.25, 0.3) is 0 Å². The third kappa shape index (κ3) is 4.22. The lowest BCUT2D eigenvalue weighted by Crippen LogP contribution is -2.60. The Labute approximate surface area is 154 Å². The van der Waals surface area contributed by atoms with Gasteiger partial charge in [0.15, 0.2) is 11.6 Å². The van der Waals surface area contributed by atoms with Crippen LogP contribution in [0.3, 0.4) is 0 Å². The molecule has 26 heavy (non-hydrogen) atoms. The molecule has 3 heterocycles. The Morgan fingerprint density at radius 2 is 1.85 bits per heavy atom. The molecular formula is C16H29NO8S. The molecule has 0 amide bonds. The summed E-state index contributed by atoms with van der Waals surface area (Å²) in [5.41, 5.74) is 0. The molecule has 0 aliphatic carbocycles. The molecule has 3 aliphatic rings. The maximum Gasteiger partial charge on any atom is 0.336 e. The topological polar surface area (TPSA) is 102 Å². The molecule has 10 heteroatoms. The van der Waals surface area contributed by atoms with Gasteiger partial charge in [-0.05, 0) is 34.1 Å². The summed E-state index contributed by atoms with van der Waals surface area (Å²) in [7, 11) is -3.92. The first kappa shape index (κ1) is 20.4. The standard InChI is InChI=1S/C16H29NO8S/c1-6-7-8-17-26(18,19)21-10-16-13(24-15(4,5)25-16)12-11(9-20-16)22-14(2,3)23-12/h11-13,17H,6-10H2,1-5H3/t11-,12-,13+,16+/m1/s1. The quantitative estimate of drug-likeness (QED) is 0.638. The Bertz CT molecular complexity index is 622. The summed E-state index contributed by atoms with van der Waals surface area (Å²) < 4.78 is 61.3. The summed E-state index contributed by atoms with van der Waals surface area (Å²) >= 11 is 0. The molecule has 3 fully saturated rings. The van der Waals surface area contributed by atoms with Crippen LogP contribution >= 0.6 is 0 Å². The molecule has 0 radical (unpaired) electrons. The first-order valence-corrected chi connectivity index (χ1v) is 10.4. The van der Waals surface area contributed by atoms with Crippen LogP contribution in [-0.4, -0.2) is 63.8 Å². The van der Waals surface area contributed by atoms with E-state index in [-0.39, 0.29) is 19.3 Å². The minimum atomic E-state index is -3.92. The van der Waals surface area contributed by atoms with Gasteiger partial charge in [0.25, 0.3) is 0 Å². The van der Waals surface area contributed by atoms with Crippen LogP contribution in [0.4, 0.5) is 0 Å². The van der Waals surface area contributed by atoms with Crippen LogP contribution in [0.5, 0.6) is 0 Å². The van der Waals surface area contributed by atoms with E-state index in [9.17, 15) is 8.42 Å². The number of rotatable bonds is 7. The summed E-state index contributed by atoms with van der Waals surface area (Å²) in [6.45, 7) is 9.24. The molecule has 1 N–H and O–H groups in total. The van der Waals surface area contributed by atoms with Gasteiger partial charge in [0.2, 0.25) is 5.79 Å². The van der Waals surface area contributed by atoms with Crippen LogP contribution in [0.2, 0.25) is 0 Å². The van der Waals surface area contributed by atoms with E-state index in [4.69, 9.17) is 27.9 Å². The molecule has 0 aromatic rings.